The van der Waals surface area contributed by atoms with Gasteiger partial charge in [-0.05, 0) is 51.5 Å². The quantitative estimate of drug-likeness (QED) is 0.596. The first-order chi connectivity index (χ1) is 7.99. The van der Waals surface area contributed by atoms with Gasteiger partial charge < -0.3 is 10.5 Å². The summed E-state index contributed by atoms with van der Waals surface area (Å²) in [6, 6.07) is 0.328. The highest BCUT2D eigenvalue weighted by molar-refractivity contribution is 5.14. The van der Waals surface area contributed by atoms with Crippen LogP contribution in [0.15, 0.2) is 23.5 Å². The maximum atomic E-state index is 5.95. The Kier molecular flexibility index (Phi) is 5.76. The molecule has 0 aromatic rings. The van der Waals surface area contributed by atoms with Crippen molar-refractivity contribution >= 4 is 0 Å². The van der Waals surface area contributed by atoms with Gasteiger partial charge in [0, 0.05) is 6.04 Å². The Morgan fingerprint density at radius 3 is 2.53 bits per heavy atom. The average Bonchev–Trinajstić information content (AvgIpc) is 2.25. The van der Waals surface area contributed by atoms with E-state index in [4.69, 9.17) is 10.5 Å². The molecule has 98 valence electrons. The zero-order valence-corrected chi connectivity index (χ0v) is 11.7. The van der Waals surface area contributed by atoms with E-state index in [0.717, 1.165) is 25.0 Å². The van der Waals surface area contributed by atoms with Crippen LogP contribution in [0.4, 0.5) is 0 Å². The number of allylic oxidation sites excluding steroid dienone is 4. The van der Waals surface area contributed by atoms with Crippen LogP contribution in [0.3, 0.4) is 0 Å². The molecule has 2 unspecified atom stereocenters. The zero-order valence-electron chi connectivity index (χ0n) is 11.7. The molecule has 17 heavy (non-hydrogen) atoms. The number of rotatable bonds is 4. The van der Waals surface area contributed by atoms with Gasteiger partial charge in [0.1, 0.15) is 0 Å². The lowest BCUT2D eigenvalue weighted by atomic mass is 9.93. The second-order valence-corrected chi connectivity index (χ2v) is 5.51. The molecule has 0 spiro atoms. The van der Waals surface area contributed by atoms with Gasteiger partial charge in [0.25, 0.3) is 0 Å². The Labute approximate surface area is 106 Å². The van der Waals surface area contributed by atoms with Crippen LogP contribution < -0.4 is 5.73 Å². The second-order valence-electron chi connectivity index (χ2n) is 5.51. The molecule has 2 atom stereocenters. The summed E-state index contributed by atoms with van der Waals surface area (Å²) in [6.45, 7) is 8.60. The number of nitrogens with two attached hydrogens (primary N) is 1. The molecule has 2 N–H and O–H groups in total. The van der Waals surface area contributed by atoms with Crippen LogP contribution in [-0.2, 0) is 4.74 Å². The first-order valence-corrected chi connectivity index (χ1v) is 6.76. The molecule has 1 fully saturated rings. The summed E-state index contributed by atoms with van der Waals surface area (Å²) >= 11 is 0. The minimum atomic E-state index is 0.322. The molecule has 1 aliphatic carbocycles. The Balaban J connectivity index is 2.45. The van der Waals surface area contributed by atoms with Gasteiger partial charge in [-0.1, -0.05) is 25.5 Å². The van der Waals surface area contributed by atoms with Crippen LogP contribution >= 0.6 is 0 Å². The third kappa shape index (κ3) is 5.40. The molecule has 1 aliphatic rings. The SMILES string of the molecule is C/C(=C\C=C(/C)C(C)C)OC1CCCC(N)C1. The third-order valence-corrected chi connectivity index (χ3v) is 3.51. The molecule has 0 aliphatic heterocycles. The highest BCUT2D eigenvalue weighted by atomic mass is 16.5. The highest BCUT2D eigenvalue weighted by Crippen LogP contribution is 2.22. The summed E-state index contributed by atoms with van der Waals surface area (Å²) in [5.41, 5.74) is 7.33. The first kappa shape index (κ1) is 14.3. The molecule has 0 radical (unpaired) electrons. The molecule has 0 amide bonds. The fourth-order valence-corrected chi connectivity index (χ4v) is 2.03. The van der Waals surface area contributed by atoms with Crippen molar-refractivity contribution in [1.82, 2.24) is 0 Å². The molecule has 2 heteroatoms. The lowest BCUT2D eigenvalue weighted by Gasteiger charge is -2.27. The topological polar surface area (TPSA) is 35.2 Å². The van der Waals surface area contributed by atoms with Crippen LogP contribution in [0.1, 0.15) is 53.4 Å². The van der Waals surface area contributed by atoms with Gasteiger partial charge in [-0.15, -0.1) is 0 Å². The van der Waals surface area contributed by atoms with Crippen molar-refractivity contribution in [3.63, 3.8) is 0 Å². The Morgan fingerprint density at radius 1 is 1.24 bits per heavy atom. The van der Waals surface area contributed by atoms with Crippen LogP contribution in [0.25, 0.3) is 0 Å². The fourth-order valence-electron chi connectivity index (χ4n) is 2.03. The monoisotopic (exact) mass is 237 g/mol. The summed E-state index contributed by atoms with van der Waals surface area (Å²) in [6.07, 6.45) is 9.04. The Bertz CT molecular complexity index is 291. The van der Waals surface area contributed by atoms with Crippen LogP contribution in [-0.4, -0.2) is 12.1 Å². The van der Waals surface area contributed by atoms with E-state index in [9.17, 15) is 0 Å². The molecular weight excluding hydrogens is 210 g/mol. The maximum absolute atomic E-state index is 5.95. The minimum absolute atomic E-state index is 0.322. The maximum Gasteiger partial charge on any atom is 0.0997 e. The van der Waals surface area contributed by atoms with Crippen LogP contribution in [0.2, 0.25) is 0 Å². The summed E-state index contributed by atoms with van der Waals surface area (Å²) in [7, 11) is 0. The van der Waals surface area contributed by atoms with Crippen molar-refractivity contribution in [2.24, 2.45) is 11.7 Å². The van der Waals surface area contributed by atoms with Gasteiger partial charge in [0.2, 0.25) is 0 Å². The number of ether oxygens (including phenoxy) is 1. The van der Waals surface area contributed by atoms with Gasteiger partial charge in [-0.3, -0.25) is 0 Å². The molecular formula is C15H27NO. The van der Waals surface area contributed by atoms with Crippen molar-refractivity contribution in [2.45, 2.75) is 65.5 Å². The lowest BCUT2D eigenvalue weighted by Crippen LogP contribution is -2.31. The van der Waals surface area contributed by atoms with Gasteiger partial charge in [-0.25, -0.2) is 0 Å². The lowest BCUT2D eigenvalue weighted by molar-refractivity contribution is 0.0768. The number of hydrogen-bond acceptors (Lipinski definition) is 2. The van der Waals surface area contributed by atoms with E-state index in [1.807, 2.05) is 6.92 Å². The zero-order chi connectivity index (χ0) is 12.8. The molecule has 1 rings (SSSR count). The normalized spacial score (nSPS) is 27.4. The van der Waals surface area contributed by atoms with Crippen LogP contribution in [0.5, 0.6) is 0 Å². The molecule has 0 saturated heterocycles. The van der Waals surface area contributed by atoms with Gasteiger partial charge >= 0.3 is 0 Å². The van der Waals surface area contributed by atoms with E-state index in [1.54, 1.807) is 0 Å². The van der Waals surface area contributed by atoms with Crippen molar-refractivity contribution in [3.05, 3.63) is 23.5 Å². The van der Waals surface area contributed by atoms with Crippen molar-refractivity contribution < 1.29 is 4.74 Å². The van der Waals surface area contributed by atoms with E-state index in [-0.39, 0.29) is 0 Å². The second kappa shape index (κ2) is 6.85. The Morgan fingerprint density at radius 2 is 1.94 bits per heavy atom. The standard InChI is InChI=1S/C15H27NO/c1-11(2)12(3)8-9-13(4)17-15-7-5-6-14(16)10-15/h8-9,11,14-15H,5-7,10,16H2,1-4H3/b12-8+,13-9+. The van der Waals surface area contributed by atoms with E-state index in [1.165, 1.54) is 12.0 Å². The van der Waals surface area contributed by atoms with Gasteiger partial charge in [-0.2, -0.15) is 0 Å². The first-order valence-electron chi connectivity index (χ1n) is 6.76. The summed E-state index contributed by atoms with van der Waals surface area (Å²) < 4.78 is 5.93. The van der Waals surface area contributed by atoms with E-state index >= 15 is 0 Å². The van der Waals surface area contributed by atoms with Gasteiger partial charge in [0.05, 0.1) is 11.9 Å². The molecule has 0 aromatic heterocycles. The minimum Gasteiger partial charge on any atom is -0.495 e. The Hall–Kier alpha value is -0.760. The number of hydrogen-bond donors (Lipinski definition) is 1. The summed E-state index contributed by atoms with van der Waals surface area (Å²) in [5.74, 6) is 1.60. The predicted molar refractivity (Wildman–Crippen MR) is 73.7 cm³/mol. The average molecular weight is 237 g/mol. The third-order valence-electron chi connectivity index (χ3n) is 3.51. The largest absolute Gasteiger partial charge is 0.495 e. The fraction of sp³-hybridized carbons (Fsp3) is 0.733. The van der Waals surface area contributed by atoms with E-state index in [0.29, 0.717) is 18.1 Å². The summed E-state index contributed by atoms with van der Waals surface area (Å²) in [4.78, 5) is 0. The molecule has 0 bridgehead atoms. The molecule has 1 saturated carbocycles. The van der Waals surface area contributed by atoms with Crippen molar-refractivity contribution in [1.29, 1.82) is 0 Å². The molecule has 0 heterocycles. The summed E-state index contributed by atoms with van der Waals surface area (Å²) in [5, 5.41) is 0. The van der Waals surface area contributed by atoms with E-state index < -0.39 is 0 Å². The van der Waals surface area contributed by atoms with Crippen molar-refractivity contribution in [2.75, 3.05) is 0 Å². The highest BCUT2D eigenvalue weighted by Gasteiger charge is 2.20. The van der Waals surface area contributed by atoms with Gasteiger partial charge in [0.15, 0.2) is 0 Å². The van der Waals surface area contributed by atoms with Crippen LogP contribution in [0, 0.1) is 5.92 Å². The van der Waals surface area contributed by atoms with E-state index in [2.05, 4.69) is 32.9 Å². The smallest absolute Gasteiger partial charge is 0.0997 e. The molecule has 2 nitrogen and oxygen atoms in total. The van der Waals surface area contributed by atoms with Crippen molar-refractivity contribution in [3.8, 4) is 0 Å². The molecule has 0 aromatic carbocycles. The predicted octanol–water partition coefficient (Wildman–Crippen LogP) is 3.78.